The van der Waals surface area contributed by atoms with Crippen LogP contribution in [0.4, 0.5) is 17.1 Å². The lowest BCUT2D eigenvalue weighted by Crippen LogP contribution is -2.22. The third kappa shape index (κ3) is 4.33. The van der Waals surface area contributed by atoms with Gasteiger partial charge in [0.25, 0.3) is 5.69 Å². The van der Waals surface area contributed by atoms with Crippen molar-refractivity contribution < 1.29 is 9.72 Å². The fourth-order valence-corrected chi connectivity index (χ4v) is 4.12. The monoisotopic (exact) mass is 451 g/mol. The van der Waals surface area contributed by atoms with E-state index in [1.165, 1.54) is 12.1 Å². The second kappa shape index (κ2) is 9.11. The van der Waals surface area contributed by atoms with E-state index in [0.29, 0.717) is 22.6 Å². The Bertz CT molecular complexity index is 1360. The number of imidazole rings is 1. The summed E-state index contributed by atoms with van der Waals surface area (Å²) < 4.78 is 0. The molecule has 0 spiro atoms. The van der Waals surface area contributed by atoms with Gasteiger partial charge in [0.15, 0.2) is 0 Å². The molecule has 0 radical (unpaired) electrons. The number of carbonyl (C=O) groups excluding carboxylic acids is 1. The number of aliphatic imine (C=N–C) groups is 1. The minimum absolute atomic E-state index is 0.0609. The Morgan fingerprint density at radius 1 is 1.03 bits per heavy atom. The standard InChI is InChI=1S/C26H21N5O3/c32-26-24(22-14-21(31(33)34)12-13-23(22)30-26)25(18-4-2-1-3-5-18)29-19-9-6-17(7-10-19)8-11-20-15-27-16-28-20/h1-7,9-10,12-16,24H,8,11H2,(H,27,28)(H,30,32). The predicted octanol–water partition coefficient (Wildman–Crippen LogP) is 4.96. The maximum atomic E-state index is 13.0. The second-order valence-electron chi connectivity index (χ2n) is 8.06. The molecule has 1 unspecified atom stereocenters. The summed E-state index contributed by atoms with van der Waals surface area (Å²) >= 11 is 0. The average Bonchev–Trinajstić information content (AvgIpc) is 3.49. The molecule has 3 aromatic carbocycles. The molecule has 8 nitrogen and oxygen atoms in total. The van der Waals surface area contributed by atoms with Crippen molar-refractivity contribution in [2.75, 3.05) is 5.32 Å². The van der Waals surface area contributed by atoms with Gasteiger partial charge in [0, 0.05) is 35.3 Å². The first-order valence-corrected chi connectivity index (χ1v) is 10.9. The first-order chi connectivity index (χ1) is 16.6. The average molecular weight is 451 g/mol. The summed E-state index contributed by atoms with van der Waals surface area (Å²) in [7, 11) is 0. The summed E-state index contributed by atoms with van der Waals surface area (Å²) in [5.74, 6) is -1.01. The number of hydrogen-bond acceptors (Lipinski definition) is 5. The van der Waals surface area contributed by atoms with Crippen LogP contribution in [-0.4, -0.2) is 26.5 Å². The summed E-state index contributed by atoms with van der Waals surface area (Å²) in [5, 5.41) is 14.2. The second-order valence-corrected chi connectivity index (χ2v) is 8.06. The van der Waals surface area contributed by atoms with Crippen LogP contribution in [0.2, 0.25) is 0 Å². The van der Waals surface area contributed by atoms with Crippen molar-refractivity contribution in [2.45, 2.75) is 18.8 Å². The Balaban J connectivity index is 1.50. The molecule has 1 atom stereocenters. The van der Waals surface area contributed by atoms with Gasteiger partial charge in [-0.1, -0.05) is 42.5 Å². The van der Waals surface area contributed by atoms with Crippen molar-refractivity contribution in [3.63, 3.8) is 0 Å². The van der Waals surface area contributed by atoms with Gasteiger partial charge in [0.1, 0.15) is 5.92 Å². The molecule has 2 heterocycles. The first-order valence-electron chi connectivity index (χ1n) is 10.9. The van der Waals surface area contributed by atoms with Gasteiger partial charge in [-0.15, -0.1) is 0 Å². The minimum Gasteiger partial charge on any atom is -0.348 e. The molecule has 34 heavy (non-hydrogen) atoms. The Morgan fingerprint density at radius 2 is 1.82 bits per heavy atom. The molecule has 5 rings (SSSR count). The molecule has 168 valence electrons. The highest BCUT2D eigenvalue weighted by Crippen LogP contribution is 2.38. The summed E-state index contributed by atoms with van der Waals surface area (Å²) in [6, 6.07) is 21.7. The maximum Gasteiger partial charge on any atom is 0.269 e. The number of nitro groups is 1. The highest BCUT2D eigenvalue weighted by molar-refractivity contribution is 6.24. The van der Waals surface area contributed by atoms with E-state index in [0.717, 1.165) is 29.7 Å². The molecule has 0 bridgehead atoms. The normalized spacial score (nSPS) is 15.1. The first kappa shape index (κ1) is 21.3. The van der Waals surface area contributed by atoms with Gasteiger partial charge in [-0.2, -0.15) is 0 Å². The largest absolute Gasteiger partial charge is 0.348 e. The summed E-state index contributed by atoms with van der Waals surface area (Å²) in [6.45, 7) is 0. The van der Waals surface area contributed by atoms with Crippen molar-refractivity contribution >= 4 is 28.7 Å². The number of aryl methyl sites for hydroxylation is 2. The number of nitro benzene ring substituents is 1. The Morgan fingerprint density at radius 3 is 2.53 bits per heavy atom. The van der Waals surface area contributed by atoms with Gasteiger partial charge >= 0.3 is 0 Å². The predicted molar refractivity (Wildman–Crippen MR) is 130 cm³/mol. The van der Waals surface area contributed by atoms with Gasteiger partial charge in [-0.3, -0.25) is 19.9 Å². The van der Waals surface area contributed by atoms with E-state index in [9.17, 15) is 14.9 Å². The van der Waals surface area contributed by atoms with E-state index in [1.54, 1.807) is 12.4 Å². The number of amides is 1. The lowest BCUT2D eigenvalue weighted by Gasteiger charge is -2.14. The van der Waals surface area contributed by atoms with Crippen LogP contribution in [0.5, 0.6) is 0 Å². The van der Waals surface area contributed by atoms with Crippen LogP contribution < -0.4 is 5.32 Å². The van der Waals surface area contributed by atoms with Crippen LogP contribution in [0.15, 0.2) is 90.3 Å². The van der Waals surface area contributed by atoms with Gasteiger partial charge in [-0.05, 0) is 42.2 Å². The fraction of sp³-hybridized carbons (Fsp3) is 0.115. The van der Waals surface area contributed by atoms with Crippen LogP contribution in [0.25, 0.3) is 0 Å². The molecule has 1 aliphatic rings. The van der Waals surface area contributed by atoms with E-state index >= 15 is 0 Å². The number of H-pyrrole nitrogens is 1. The SMILES string of the molecule is O=C1Nc2ccc([N+](=O)[O-])cc2C1C(=Nc1ccc(CCc2cnc[nH]2)cc1)c1ccccc1. The highest BCUT2D eigenvalue weighted by Gasteiger charge is 2.36. The minimum atomic E-state index is -0.752. The number of carbonyl (C=O) groups is 1. The quantitative estimate of drug-likeness (QED) is 0.235. The van der Waals surface area contributed by atoms with Gasteiger partial charge < -0.3 is 10.3 Å². The molecule has 1 aromatic heterocycles. The molecule has 1 aliphatic heterocycles. The zero-order valence-electron chi connectivity index (χ0n) is 18.1. The number of nitrogens with one attached hydrogen (secondary N) is 2. The van der Waals surface area contributed by atoms with Crippen LogP contribution in [0, 0.1) is 10.1 Å². The smallest absolute Gasteiger partial charge is 0.269 e. The maximum absolute atomic E-state index is 13.0. The number of aromatic nitrogens is 2. The molecule has 4 aromatic rings. The lowest BCUT2D eigenvalue weighted by atomic mass is 9.90. The van der Waals surface area contributed by atoms with Crippen molar-refractivity contribution in [1.82, 2.24) is 9.97 Å². The van der Waals surface area contributed by atoms with Gasteiger partial charge in [-0.25, -0.2) is 4.98 Å². The Labute approximate surface area is 195 Å². The van der Waals surface area contributed by atoms with E-state index in [2.05, 4.69) is 15.3 Å². The summed E-state index contributed by atoms with van der Waals surface area (Å²) in [6.07, 6.45) is 5.21. The summed E-state index contributed by atoms with van der Waals surface area (Å²) in [5.41, 5.74) is 5.33. The topological polar surface area (TPSA) is 113 Å². The van der Waals surface area contributed by atoms with Crippen LogP contribution in [0.1, 0.15) is 28.3 Å². The van der Waals surface area contributed by atoms with Gasteiger partial charge in [0.2, 0.25) is 5.91 Å². The third-order valence-corrected chi connectivity index (χ3v) is 5.84. The van der Waals surface area contributed by atoms with E-state index in [4.69, 9.17) is 4.99 Å². The highest BCUT2D eigenvalue weighted by atomic mass is 16.6. The number of aromatic amines is 1. The lowest BCUT2D eigenvalue weighted by molar-refractivity contribution is -0.384. The molecule has 0 aliphatic carbocycles. The Kier molecular flexibility index (Phi) is 5.70. The zero-order valence-corrected chi connectivity index (χ0v) is 18.1. The molecule has 0 saturated heterocycles. The van der Waals surface area contributed by atoms with E-state index in [-0.39, 0.29) is 11.6 Å². The number of rotatable bonds is 7. The number of nitrogens with zero attached hydrogens (tertiary/aromatic N) is 3. The third-order valence-electron chi connectivity index (χ3n) is 5.84. The molecule has 1 amide bonds. The number of fused-ring (bicyclic) bond motifs is 1. The molecule has 0 fully saturated rings. The number of benzene rings is 3. The van der Waals surface area contributed by atoms with Crippen LogP contribution >= 0.6 is 0 Å². The van der Waals surface area contributed by atoms with Crippen molar-refractivity contribution in [3.05, 3.63) is 118 Å². The van der Waals surface area contributed by atoms with Gasteiger partial charge in [0.05, 0.1) is 22.6 Å². The van der Waals surface area contributed by atoms with Crippen LogP contribution in [0.3, 0.4) is 0 Å². The molecule has 2 N–H and O–H groups in total. The van der Waals surface area contributed by atoms with E-state index < -0.39 is 10.8 Å². The van der Waals surface area contributed by atoms with Crippen molar-refractivity contribution in [1.29, 1.82) is 0 Å². The molecule has 0 saturated carbocycles. The number of non-ortho nitro benzene ring substituents is 1. The molecular formula is C26H21N5O3. The number of hydrogen-bond donors (Lipinski definition) is 2. The van der Waals surface area contributed by atoms with Crippen LogP contribution in [-0.2, 0) is 17.6 Å². The number of anilines is 1. The fourth-order valence-electron chi connectivity index (χ4n) is 4.12. The zero-order chi connectivity index (χ0) is 23.5. The van der Waals surface area contributed by atoms with E-state index in [1.807, 2.05) is 60.8 Å². The van der Waals surface area contributed by atoms with Crippen molar-refractivity contribution in [3.8, 4) is 0 Å². The van der Waals surface area contributed by atoms with Crippen molar-refractivity contribution in [2.24, 2.45) is 4.99 Å². The molecule has 8 heteroatoms. The Hall–Kier alpha value is -4.59. The molecular weight excluding hydrogens is 430 g/mol. The summed E-state index contributed by atoms with van der Waals surface area (Å²) in [4.78, 5) is 35.9.